The fourth-order valence-electron chi connectivity index (χ4n) is 0.350. The van der Waals surface area contributed by atoms with Crippen LogP contribution in [0.1, 0.15) is 0 Å². The van der Waals surface area contributed by atoms with Crippen LogP contribution in [0.3, 0.4) is 0 Å². The van der Waals surface area contributed by atoms with Crippen molar-refractivity contribution in [1.29, 1.82) is 0 Å². The fraction of sp³-hybridized carbons (Fsp3) is 0.333. The molecule has 0 aromatic heterocycles. The first-order valence-electron chi connectivity index (χ1n) is 2.92. The minimum Gasteiger partial charge on any atom is -0.492 e. The Hall–Kier alpha value is -1.52. The lowest BCUT2D eigenvalue weighted by Crippen LogP contribution is -2.29. The summed E-state index contributed by atoms with van der Waals surface area (Å²) >= 11 is 0. The van der Waals surface area contributed by atoms with Crippen molar-refractivity contribution in [2.45, 2.75) is 0 Å². The first kappa shape index (κ1) is 9.48. The molecule has 0 aliphatic rings. The van der Waals surface area contributed by atoms with Crippen LogP contribution in [-0.4, -0.2) is 26.5 Å². The Morgan fingerprint density at radius 2 is 2.18 bits per heavy atom. The Kier molecular flexibility index (Phi) is 4.55. The molecule has 0 unspecified atom stereocenters. The second kappa shape index (κ2) is 5.28. The van der Waals surface area contributed by atoms with Gasteiger partial charge in [-0.25, -0.2) is 4.79 Å². The molecule has 0 aliphatic heterocycles. The number of aldehydes is 1. The zero-order chi connectivity index (χ0) is 8.69. The number of nitrogens with one attached hydrogen (secondary N) is 2. The van der Waals surface area contributed by atoms with Crippen molar-refractivity contribution in [3.63, 3.8) is 0 Å². The van der Waals surface area contributed by atoms with Gasteiger partial charge in [-0.05, 0) is 0 Å². The van der Waals surface area contributed by atoms with E-state index in [9.17, 15) is 9.59 Å². The van der Waals surface area contributed by atoms with Crippen LogP contribution in [0.2, 0.25) is 0 Å². The van der Waals surface area contributed by atoms with Gasteiger partial charge in [-0.1, -0.05) is 0 Å². The molecule has 0 saturated heterocycles. The van der Waals surface area contributed by atoms with Gasteiger partial charge < -0.3 is 15.4 Å². The first-order chi connectivity index (χ1) is 5.24. The number of hydrogen-bond acceptors (Lipinski definition) is 3. The van der Waals surface area contributed by atoms with Gasteiger partial charge in [0.2, 0.25) is 0 Å². The molecule has 0 atom stereocenters. The molecule has 0 rings (SSSR count). The van der Waals surface area contributed by atoms with E-state index in [2.05, 4.69) is 15.4 Å². The maximum atomic E-state index is 10.5. The number of amides is 2. The molecule has 2 amide bonds. The molecule has 0 aromatic rings. The van der Waals surface area contributed by atoms with Crippen LogP contribution in [0.25, 0.3) is 0 Å². The van der Waals surface area contributed by atoms with Crippen LogP contribution in [0, 0.1) is 0 Å². The first-order valence-corrected chi connectivity index (χ1v) is 2.92. The van der Waals surface area contributed by atoms with Crippen LogP contribution < -0.4 is 10.6 Å². The molecule has 5 nitrogen and oxygen atoms in total. The SMILES string of the molecule is CNC(=O)N/C=C(\C=O)OC. The average molecular weight is 158 g/mol. The summed E-state index contributed by atoms with van der Waals surface area (Å²) in [5.74, 6) is 0.0635. The van der Waals surface area contributed by atoms with Gasteiger partial charge >= 0.3 is 6.03 Å². The van der Waals surface area contributed by atoms with Gasteiger partial charge in [-0.2, -0.15) is 0 Å². The van der Waals surface area contributed by atoms with Crippen molar-refractivity contribution in [2.75, 3.05) is 14.2 Å². The second-order valence-corrected chi connectivity index (χ2v) is 1.59. The van der Waals surface area contributed by atoms with Crippen molar-refractivity contribution >= 4 is 12.3 Å². The van der Waals surface area contributed by atoms with E-state index in [1.807, 2.05) is 0 Å². The van der Waals surface area contributed by atoms with Gasteiger partial charge in [0.25, 0.3) is 0 Å². The van der Waals surface area contributed by atoms with Crippen molar-refractivity contribution in [1.82, 2.24) is 10.6 Å². The Balaban J connectivity index is 3.88. The highest BCUT2D eigenvalue weighted by Crippen LogP contribution is 1.85. The molecule has 0 fully saturated rings. The third-order valence-electron chi connectivity index (χ3n) is 0.924. The van der Waals surface area contributed by atoms with Crippen LogP contribution in [0.15, 0.2) is 12.0 Å². The van der Waals surface area contributed by atoms with Crippen LogP contribution in [-0.2, 0) is 9.53 Å². The average Bonchev–Trinajstić information content (AvgIpc) is 2.06. The zero-order valence-corrected chi connectivity index (χ0v) is 6.38. The van der Waals surface area contributed by atoms with E-state index in [4.69, 9.17) is 0 Å². The topological polar surface area (TPSA) is 67.4 Å². The molecule has 2 N–H and O–H groups in total. The highest BCUT2D eigenvalue weighted by Gasteiger charge is 1.94. The minimum atomic E-state index is -0.401. The molecule has 0 bridgehead atoms. The Bertz CT molecular complexity index is 177. The predicted molar refractivity (Wildman–Crippen MR) is 38.7 cm³/mol. The van der Waals surface area contributed by atoms with E-state index in [0.717, 1.165) is 0 Å². The molecule has 0 saturated carbocycles. The standard InChI is InChI=1S/C6H10N2O3/c1-7-6(10)8-3-5(4-9)11-2/h3-4H,1-2H3,(H2,7,8,10)/b5-3+. The van der Waals surface area contributed by atoms with Crippen LogP contribution in [0.5, 0.6) is 0 Å². The van der Waals surface area contributed by atoms with E-state index >= 15 is 0 Å². The molecule has 0 heterocycles. The number of rotatable bonds is 3. The summed E-state index contributed by atoms with van der Waals surface area (Å²) in [6.07, 6.45) is 1.67. The minimum absolute atomic E-state index is 0.0635. The summed E-state index contributed by atoms with van der Waals surface area (Å²) in [7, 11) is 2.81. The van der Waals surface area contributed by atoms with Gasteiger partial charge in [0.15, 0.2) is 12.0 Å². The van der Waals surface area contributed by atoms with E-state index in [1.54, 1.807) is 0 Å². The summed E-state index contributed by atoms with van der Waals surface area (Å²) in [5.41, 5.74) is 0. The van der Waals surface area contributed by atoms with E-state index in [0.29, 0.717) is 6.29 Å². The van der Waals surface area contributed by atoms with E-state index < -0.39 is 6.03 Å². The number of allylic oxidation sites excluding steroid dienone is 1. The molecule has 5 heteroatoms. The van der Waals surface area contributed by atoms with Gasteiger partial charge in [0.05, 0.1) is 13.3 Å². The number of carbonyl (C=O) groups excluding carboxylic acids is 2. The van der Waals surface area contributed by atoms with Gasteiger partial charge in [-0.15, -0.1) is 0 Å². The summed E-state index contributed by atoms with van der Waals surface area (Å²) in [4.78, 5) is 20.6. The van der Waals surface area contributed by atoms with Crippen LogP contribution >= 0.6 is 0 Å². The van der Waals surface area contributed by atoms with Crippen molar-refractivity contribution < 1.29 is 14.3 Å². The number of methoxy groups -OCH3 is 1. The molecule has 0 aliphatic carbocycles. The quantitative estimate of drug-likeness (QED) is 0.333. The van der Waals surface area contributed by atoms with Crippen molar-refractivity contribution in [2.24, 2.45) is 0 Å². The maximum absolute atomic E-state index is 10.5. The van der Waals surface area contributed by atoms with Crippen molar-refractivity contribution in [3.05, 3.63) is 12.0 Å². The van der Waals surface area contributed by atoms with E-state index in [1.165, 1.54) is 20.4 Å². The highest BCUT2D eigenvalue weighted by atomic mass is 16.5. The monoisotopic (exact) mass is 158 g/mol. The summed E-state index contributed by atoms with van der Waals surface area (Å²) in [5, 5.41) is 4.57. The number of carbonyl (C=O) groups is 2. The Morgan fingerprint density at radius 3 is 2.55 bits per heavy atom. The smallest absolute Gasteiger partial charge is 0.318 e. The Labute approximate surface area is 64.4 Å². The normalized spacial score (nSPS) is 10.2. The van der Waals surface area contributed by atoms with E-state index in [-0.39, 0.29) is 5.76 Å². The predicted octanol–water partition coefficient (Wildman–Crippen LogP) is -0.398. The molecule has 0 aromatic carbocycles. The summed E-state index contributed by atoms with van der Waals surface area (Å²) < 4.78 is 4.54. The van der Waals surface area contributed by atoms with Gasteiger partial charge in [0, 0.05) is 7.05 Å². The second-order valence-electron chi connectivity index (χ2n) is 1.59. The van der Waals surface area contributed by atoms with Crippen LogP contribution in [0.4, 0.5) is 4.79 Å². The molecule has 62 valence electrons. The van der Waals surface area contributed by atoms with Gasteiger partial charge in [0.1, 0.15) is 0 Å². The molecule has 11 heavy (non-hydrogen) atoms. The van der Waals surface area contributed by atoms with Gasteiger partial charge in [-0.3, -0.25) is 4.79 Å². The largest absolute Gasteiger partial charge is 0.492 e. The lowest BCUT2D eigenvalue weighted by Gasteiger charge is -1.98. The maximum Gasteiger partial charge on any atom is 0.318 e. The fourth-order valence-corrected chi connectivity index (χ4v) is 0.350. The number of hydrogen-bond donors (Lipinski definition) is 2. The van der Waals surface area contributed by atoms with Crippen molar-refractivity contribution in [3.8, 4) is 0 Å². The third kappa shape index (κ3) is 3.96. The third-order valence-corrected chi connectivity index (χ3v) is 0.924. The highest BCUT2D eigenvalue weighted by molar-refractivity contribution is 5.77. The molecular formula is C6H10N2O3. The summed E-state index contributed by atoms with van der Waals surface area (Å²) in [6, 6.07) is -0.401. The Morgan fingerprint density at radius 1 is 1.55 bits per heavy atom. The lowest BCUT2D eigenvalue weighted by atomic mass is 10.6. The molecular weight excluding hydrogens is 148 g/mol. The molecule has 0 radical (unpaired) electrons. The zero-order valence-electron chi connectivity index (χ0n) is 6.38. The molecule has 0 spiro atoms. The number of urea groups is 1. The number of ether oxygens (including phenoxy) is 1. The lowest BCUT2D eigenvalue weighted by molar-refractivity contribution is -0.107. The summed E-state index contributed by atoms with van der Waals surface area (Å²) in [6.45, 7) is 0.